The van der Waals surface area contributed by atoms with Gasteiger partial charge in [-0.3, -0.25) is 9.59 Å². The third kappa shape index (κ3) is 3.73. The van der Waals surface area contributed by atoms with Crippen molar-refractivity contribution < 1.29 is 14.3 Å². The van der Waals surface area contributed by atoms with Crippen molar-refractivity contribution in [1.82, 2.24) is 9.80 Å². The van der Waals surface area contributed by atoms with Gasteiger partial charge in [0.05, 0.1) is 13.2 Å². The third-order valence-corrected chi connectivity index (χ3v) is 4.27. The fourth-order valence-electron chi connectivity index (χ4n) is 3.06. The molecule has 0 bridgehead atoms. The molecule has 0 aromatic heterocycles. The number of nitrogens with zero attached hydrogens (tertiary/aromatic N) is 2. The number of methoxy groups -OCH3 is 1. The second-order valence-corrected chi connectivity index (χ2v) is 5.54. The predicted octanol–water partition coefficient (Wildman–Crippen LogP) is 2.39. The van der Waals surface area contributed by atoms with Gasteiger partial charge in [0.1, 0.15) is 12.3 Å². The molecule has 1 unspecified atom stereocenters. The standard InChI is InChI=1S/C18H24N2O3/c1-4-17(21)19(5-2)13-18(22)20-12-8-10-15(20)14-9-6-7-11-16(14)23-3/h4,6-7,9,11,15H,1,5,8,10,12-13H2,2-3H3. The van der Waals surface area contributed by atoms with Gasteiger partial charge in [-0.1, -0.05) is 24.8 Å². The molecule has 5 heteroatoms. The van der Waals surface area contributed by atoms with Crippen LogP contribution in [0.1, 0.15) is 31.4 Å². The molecule has 0 N–H and O–H groups in total. The molecule has 2 rings (SSSR count). The highest BCUT2D eigenvalue weighted by molar-refractivity contribution is 5.91. The summed E-state index contributed by atoms with van der Waals surface area (Å²) in [6.07, 6.45) is 3.11. The number of hydrogen-bond acceptors (Lipinski definition) is 3. The van der Waals surface area contributed by atoms with Gasteiger partial charge in [-0.2, -0.15) is 0 Å². The van der Waals surface area contributed by atoms with E-state index in [-0.39, 0.29) is 24.4 Å². The van der Waals surface area contributed by atoms with Crippen LogP contribution in [0.15, 0.2) is 36.9 Å². The zero-order valence-corrected chi connectivity index (χ0v) is 13.8. The molecule has 1 saturated heterocycles. The topological polar surface area (TPSA) is 49.9 Å². The number of ether oxygens (including phenoxy) is 1. The maximum absolute atomic E-state index is 12.7. The molecule has 0 radical (unpaired) electrons. The van der Waals surface area contributed by atoms with Gasteiger partial charge >= 0.3 is 0 Å². The number of hydrogen-bond donors (Lipinski definition) is 0. The summed E-state index contributed by atoms with van der Waals surface area (Å²) in [5.74, 6) is 0.552. The van der Waals surface area contributed by atoms with Gasteiger partial charge in [-0.15, -0.1) is 0 Å². The molecule has 1 aliphatic rings. The van der Waals surface area contributed by atoms with Gasteiger partial charge in [0.2, 0.25) is 11.8 Å². The summed E-state index contributed by atoms with van der Waals surface area (Å²) in [5.41, 5.74) is 1.03. The number of carbonyl (C=O) groups excluding carboxylic acids is 2. The maximum Gasteiger partial charge on any atom is 0.246 e. The predicted molar refractivity (Wildman–Crippen MR) is 89.1 cm³/mol. The van der Waals surface area contributed by atoms with Crippen LogP contribution in [0.5, 0.6) is 5.75 Å². The van der Waals surface area contributed by atoms with Crippen molar-refractivity contribution in [1.29, 1.82) is 0 Å². The van der Waals surface area contributed by atoms with Crippen LogP contribution in [-0.2, 0) is 9.59 Å². The molecule has 23 heavy (non-hydrogen) atoms. The van der Waals surface area contributed by atoms with E-state index in [4.69, 9.17) is 4.74 Å². The Bertz CT molecular complexity index is 585. The first kappa shape index (κ1) is 17.1. The molecule has 1 fully saturated rings. The molecule has 1 aliphatic heterocycles. The van der Waals surface area contributed by atoms with Crippen molar-refractivity contribution in [3.8, 4) is 5.75 Å². The lowest BCUT2D eigenvalue weighted by Gasteiger charge is -2.29. The van der Waals surface area contributed by atoms with Gasteiger partial charge < -0.3 is 14.5 Å². The van der Waals surface area contributed by atoms with Crippen LogP contribution in [0.2, 0.25) is 0 Å². The second-order valence-electron chi connectivity index (χ2n) is 5.54. The Morgan fingerprint density at radius 1 is 1.43 bits per heavy atom. The summed E-state index contributed by atoms with van der Waals surface area (Å²) in [6.45, 7) is 6.63. The van der Waals surface area contributed by atoms with Crippen LogP contribution in [0, 0.1) is 0 Å². The van der Waals surface area contributed by atoms with Crippen LogP contribution in [-0.4, -0.2) is 48.4 Å². The first-order valence-electron chi connectivity index (χ1n) is 7.96. The lowest BCUT2D eigenvalue weighted by atomic mass is 10.0. The van der Waals surface area contributed by atoms with Crippen LogP contribution >= 0.6 is 0 Å². The molecule has 1 aromatic carbocycles. The first-order chi connectivity index (χ1) is 11.1. The molecular weight excluding hydrogens is 292 g/mol. The largest absolute Gasteiger partial charge is 0.496 e. The number of likely N-dealkylation sites (tertiary alicyclic amines) is 1. The van der Waals surface area contributed by atoms with E-state index in [2.05, 4.69) is 6.58 Å². The molecule has 2 amide bonds. The number of benzene rings is 1. The third-order valence-electron chi connectivity index (χ3n) is 4.27. The monoisotopic (exact) mass is 316 g/mol. The van der Waals surface area contributed by atoms with Gasteiger partial charge in [-0.25, -0.2) is 0 Å². The number of amides is 2. The highest BCUT2D eigenvalue weighted by Crippen LogP contribution is 2.36. The van der Waals surface area contributed by atoms with E-state index in [0.717, 1.165) is 24.2 Å². The number of likely N-dealkylation sites (N-methyl/N-ethyl adjacent to an activating group) is 1. The zero-order chi connectivity index (χ0) is 16.8. The summed E-state index contributed by atoms with van der Waals surface area (Å²) in [7, 11) is 1.64. The van der Waals surface area contributed by atoms with Crippen molar-refractivity contribution in [2.24, 2.45) is 0 Å². The molecule has 1 atom stereocenters. The van der Waals surface area contributed by atoms with Gasteiger partial charge in [0.15, 0.2) is 0 Å². The Kier molecular flexibility index (Phi) is 5.79. The molecular formula is C18H24N2O3. The smallest absolute Gasteiger partial charge is 0.246 e. The number of rotatable bonds is 6. The normalized spacial score (nSPS) is 17.0. The Morgan fingerprint density at radius 2 is 2.17 bits per heavy atom. The van der Waals surface area contributed by atoms with Gasteiger partial charge in [-0.05, 0) is 31.9 Å². The Hall–Kier alpha value is -2.30. The Labute approximate surface area is 137 Å². The molecule has 0 aliphatic carbocycles. The fraction of sp³-hybridized carbons (Fsp3) is 0.444. The van der Waals surface area contributed by atoms with E-state index < -0.39 is 0 Å². The lowest BCUT2D eigenvalue weighted by molar-refractivity contribution is -0.138. The van der Waals surface area contributed by atoms with Crippen molar-refractivity contribution in [3.05, 3.63) is 42.5 Å². The van der Waals surface area contributed by atoms with Gasteiger partial charge in [0.25, 0.3) is 0 Å². The zero-order valence-electron chi connectivity index (χ0n) is 13.8. The second kappa shape index (κ2) is 7.81. The van der Waals surface area contributed by atoms with Crippen LogP contribution in [0.3, 0.4) is 0 Å². The number of carbonyl (C=O) groups is 2. The summed E-state index contributed by atoms with van der Waals surface area (Å²) >= 11 is 0. The summed E-state index contributed by atoms with van der Waals surface area (Å²) in [6, 6.07) is 7.80. The highest BCUT2D eigenvalue weighted by atomic mass is 16.5. The average molecular weight is 316 g/mol. The summed E-state index contributed by atoms with van der Waals surface area (Å²) < 4.78 is 5.43. The van der Waals surface area contributed by atoms with Crippen LogP contribution < -0.4 is 4.74 Å². The van der Waals surface area contributed by atoms with Crippen molar-refractivity contribution in [2.45, 2.75) is 25.8 Å². The molecule has 0 spiro atoms. The quantitative estimate of drug-likeness (QED) is 0.757. The van der Waals surface area contributed by atoms with Gasteiger partial charge in [0, 0.05) is 18.7 Å². The minimum Gasteiger partial charge on any atom is -0.496 e. The average Bonchev–Trinajstić information content (AvgIpc) is 3.08. The lowest BCUT2D eigenvalue weighted by Crippen LogP contribution is -2.42. The molecule has 5 nitrogen and oxygen atoms in total. The minimum atomic E-state index is -0.214. The fourth-order valence-corrected chi connectivity index (χ4v) is 3.06. The van der Waals surface area contributed by atoms with E-state index in [9.17, 15) is 9.59 Å². The Morgan fingerprint density at radius 3 is 2.83 bits per heavy atom. The Balaban J connectivity index is 2.16. The highest BCUT2D eigenvalue weighted by Gasteiger charge is 2.32. The molecule has 0 saturated carbocycles. The first-order valence-corrected chi connectivity index (χ1v) is 7.96. The summed E-state index contributed by atoms with van der Waals surface area (Å²) in [4.78, 5) is 27.8. The van der Waals surface area contributed by atoms with Crippen molar-refractivity contribution in [2.75, 3.05) is 26.7 Å². The SMILES string of the molecule is C=CC(=O)N(CC)CC(=O)N1CCCC1c1ccccc1OC. The summed E-state index contributed by atoms with van der Waals surface area (Å²) in [5, 5.41) is 0. The molecule has 124 valence electrons. The minimum absolute atomic E-state index is 0.0104. The number of para-hydroxylation sites is 1. The molecule has 1 heterocycles. The van der Waals surface area contributed by atoms with E-state index in [1.54, 1.807) is 7.11 Å². The van der Waals surface area contributed by atoms with E-state index in [1.165, 1.54) is 11.0 Å². The van der Waals surface area contributed by atoms with Crippen LogP contribution in [0.4, 0.5) is 0 Å². The van der Waals surface area contributed by atoms with E-state index >= 15 is 0 Å². The van der Waals surface area contributed by atoms with E-state index in [0.29, 0.717) is 13.1 Å². The molecule has 1 aromatic rings. The van der Waals surface area contributed by atoms with Crippen molar-refractivity contribution >= 4 is 11.8 Å². The van der Waals surface area contributed by atoms with Crippen molar-refractivity contribution in [3.63, 3.8) is 0 Å². The van der Waals surface area contributed by atoms with E-state index in [1.807, 2.05) is 36.1 Å². The van der Waals surface area contributed by atoms with Crippen LogP contribution in [0.25, 0.3) is 0 Å². The maximum atomic E-state index is 12.7.